The van der Waals surface area contributed by atoms with Crippen LogP contribution in [0.3, 0.4) is 0 Å². The summed E-state index contributed by atoms with van der Waals surface area (Å²) in [6, 6.07) is 7.90. The summed E-state index contributed by atoms with van der Waals surface area (Å²) in [5, 5.41) is 3.44. The number of likely N-dealkylation sites (tertiary alicyclic amines) is 1. The average molecular weight is 421 g/mol. The molecule has 1 N–H and O–H groups in total. The van der Waals surface area contributed by atoms with Crippen LogP contribution in [0.1, 0.15) is 36.0 Å². The molecule has 0 aromatic heterocycles. The van der Waals surface area contributed by atoms with Gasteiger partial charge in [0.25, 0.3) is 5.91 Å². The number of piperidine rings is 2. The molecule has 3 rings (SSSR count). The molecule has 5 heteroatoms. The highest BCUT2D eigenvalue weighted by molar-refractivity contribution is 14.1. The van der Waals surface area contributed by atoms with Gasteiger partial charge in [-0.3, -0.25) is 4.79 Å². The topological polar surface area (TPSA) is 32.3 Å². The van der Waals surface area contributed by atoms with Crippen molar-refractivity contribution in [3.63, 3.8) is 0 Å². The zero-order valence-electron chi connectivity index (χ0n) is 12.1. The van der Waals surface area contributed by atoms with Crippen LogP contribution in [0.4, 0.5) is 0 Å². The van der Waals surface area contributed by atoms with E-state index in [-0.39, 0.29) is 18.3 Å². The Bertz CT molecular complexity index is 476. The third-order valence-corrected chi connectivity index (χ3v) is 5.59. The molecule has 1 aromatic carbocycles. The van der Waals surface area contributed by atoms with Crippen molar-refractivity contribution in [1.82, 2.24) is 10.2 Å². The third-order valence-electron chi connectivity index (χ3n) is 4.87. The van der Waals surface area contributed by atoms with Gasteiger partial charge in [0.05, 0.1) is 0 Å². The first-order valence-corrected chi connectivity index (χ1v) is 8.52. The maximum absolute atomic E-state index is 12.5. The van der Waals surface area contributed by atoms with E-state index in [4.69, 9.17) is 0 Å². The quantitative estimate of drug-likeness (QED) is 0.707. The van der Waals surface area contributed by atoms with E-state index < -0.39 is 0 Å². The molecule has 2 aliphatic rings. The molecule has 2 aliphatic heterocycles. The highest BCUT2D eigenvalue weighted by atomic mass is 127. The minimum absolute atomic E-state index is 0. The highest BCUT2D eigenvalue weighted by Crippen LogP contribution is 2.39. The molecular formula is C16H22ClIN2O. The van der Waals surface area contributed by atoms with Gasteiger partial charge < -0.3 is 10.2 Å². The number of carbonyl (C=O) groups is 1. The number of halogens is 2. The van der Waals surface area contributed by atoms with E-state index in [1.54, 1.807) is 0 Å². The van der Waals surface area contributed by atoms with Gasteiger partial charge in [-0.25, -0.2) is 0 Å². The Morgan fingerprint density at radius 2 is 1.62 bits per heavy atom. The van der Waals surface area contributed by atoms with Gasteiger partial charge in [-0.1, -0.05) is 0 Å². The number of hydrogen-bond donors (Lipinski definition) is 1. The van der Waals surface area contributed by atoms with E-state index in [0.29, 0.717) is 5.41 Å². The molecule has 0 radical (unpaired) electrons. The fourth-order valence-electron chi connectivity index (χ4n) is 3.42. The van der Waals surface area contributed by atoms with Crippen LogP contribution in [-0.4, -0.2) is 37.0 Å². The maximum Gasteiger partial charge on any atom is 0.253 e. The molecule has 1 spiro atoms. The van der Waals surface area contributed by atoms with E-state index in [1.807, 2.05) is 29.2 Å². The lowest BCUT2D eigenvalue weighted by molar-refractivity contribution is 0.0495. The van der Waals surface area contributed by atoms with Crippen LogP contribution in [0.15, 0.2) is 24.3 Å². The predicted molar refractivity (Wildman–Crippen MR) is 96.1 cm³/mol. The summed E-state index contributed by atoms with van der Waals surface area (Å²) in [5.74, 6) is 0.199. The fourth-order valence-corrected chi connectivity index (χ4v) is 3.78. The van der Waals surface area contributed by atoms with Gasteiger partial charge in [0.2, 0.25) is 0 Å². The molecule has 1 aromatic rings. The van der Waals surface area contributed by atoms with Crippen LogP contribution >= 0.6 is 35.0 Å². The molecule has 0 aliphatic carbocycles. The SMILES string of the molecule is Cl.O=C(c1ccc(I)cc1)N1CCC2(CCNCC2)CC1. The average Bonchev–Trinajstić information content (AvgIpc) is 2.49. The lowest BCUT2D eigenvalue weighted by atomic mass is 9.71. The zero-order valence-corrected chi connectivity index (χ0v) is 15.1. The number of amides is 1. The summed E-state index contributed by atoms with van der Waals surface area (Å²) in [7, 11) is 0. The smallest absolute Gasteiger partial charge is 0.253 e. The summed E-state index contributed by atoms with van der Waals surface area (Å²) in [4.78, 5) is 14.5. The molecule has 0 saturated carbocycles. The Morgan fingerprint density at radius 3 is 2.19 bits per heavy atom. The van der Waals surface area contributed by atoms with Gasteiger partial charge in [-0.2, -0.15) is 0 Å². The van der Waals surface area contributed by atoms with Crippen molar-refractivity contribution >= 4 is 40.9 Å². The molecule has 2 saturated heterocycles. The van der Waals surface area contributed by atoms with Crippen LogP contribution in [0.5, 0.6) is 0 Å². The molecule has 0 bridgehead atoms. The van der Waals surface area contributed by atoms with Gasteiger partial charge in [0.1, 0.15) is 0 Å². The summed E-state index contributed by atoms with van der Waals surface area (Å²) in [5.41, 5.74) is 1.33. The van der Waals surface area contributed by atoms with Crippen LogP contribution in [0.2, 0.25) is 0 Å². The Hall–Kier alpha value is -0.330. The molecule has 116 valence electrons. The number of carbonyl (C=O) groups excluding carboxylic acids is 1. The first-order chi connectivity index (χ1) is 9.69. The van der Waals surface area contributed by atoms with Crippen LogP contribution in [0, 0.1) is 8.99 Å². The van der Waals surface area contributed by atoms with E-state index in [1.165, 1.54) is 29.3 Å². The van der Waals surface area contributed by atoms with Gasteiger partial charge >= 0.3 is 0 Å². The normalized spacial score (nSPS) is 20.9. The van der Waals surface area contributed by atoms with Crippen molar-refractivity contribution in [2.75, 3.05) is 26.2 Å². The predicted octanol–water partition coefficient (Wildman–Crippen LogP) is 3.32. The summed E-state index contributed by atoms with van der Waals surface area (Å²) in [6.07, 6.45) is 4.90. The lowest BCUT2D eigenvalue weighted by Crippen LogP contribution is -2.47. The van der Waals surface area contributed by atoms with Gasteiger partial charge in [0, 0.05) is 22.2 Å². The van der Waals surface area contributed by atoms with Gasteiger partial charge in [-0.15, -0.1) is 12.4 Å². The maximum atomic E-state index is 12.5. The van der Waals surface area contributed by atoms with Crippen molar-refractivity contribution in [1.29, 1.82) is 0 Å². The highest BCUT2D eigenvalue weighted by Gasteiger charge is 2.36. The Balaban J connectivity index is 0.00000161. The van der Waals surface area contributed by atoms with Crippen molar-refractivity contribution < 1.29 is 4.79 Å². The minimum atomic E-state index is 0. The molecule has 2 heterocycles. The molecular weight excluding hydrogens is 399 g/mol. The zero-order chi connectivity index (χ0) is 14.0. The van der Waals surface area contributed by atoms with Gasteiger partial charge in [0.15, 0.2) is 0 Å². The number of rotatable bonds is 1. The van der Waals surface area contributed by atoms with E-state index in [9.17, 15) is 4.79 Å². The van der Waals surface area contributed by atoms with Crippen LogP contribution in [-0.2, 0) is 0 Å². The standard InChI is InChI=1S/C16H21IN2O.ClH/c17-14-3-1-13(2-4-14)15(20)19-11-7-16(8-12-19)5-9-18-10-6-16;/h1-4,18H,5-12H2;1H. The number of nitrogens with one attached hydrogen (secondary N) is 1. The second-order valence-corrected chi connectivity index (χ2v) is 7.29. The summed E-state index contributed by atoms with van der Waals surface area (Å²) < 4.78 is 1.17. The second kappa shape index (κ2) is 7.29. The molecule has 0 unspecified atom stereocenters. The second-order valence-electron chi connectivity index (χ2n) is 6.05. The Labute approximate surface area is 146 Å². The largest absolute Gasteiger partial charge is 0.339 e. The lowest BCUT2D eigenvalue weighted by Gasteiger charge is -2.44. The van der Waals surface area contributed by atoms with Crippen molar-refractivity contribution in [3.8, 4) is 0 Å². The summed E-state index contributed by atoms with van der Waals surface area (Å²) >= 11 is 2.27. The number of nitrogens with zero attached hydrogens (tertiary/aromatic N) is 1. The number of hydrogen-bond acceptors (Lipinski definition) is 2. The molecule has 21 heavy (non-hydrogen) atoms. The molecule has 2 fully saturated rings. The summed E-state index contributed by atoms with van der Waals surface area (Å²) in [6.45, 7) is 4.13. The molecule has 1 amide bonds. The van der Waals surface area contributed by atoms with Crippen molar-refractivity contribution in [2.24, 2.45) is 5.41 Å². The van der Waals surface area contributed by atoms with Crippen LogP contribution in [0.25, 0.3) is 0 Å². The fraction of sp³-hybridized carbons (Fsp3) is 0.562. The van der Waals surface area contributed by atoms with E-state index in [2.05, 4.69) is 27.9 Å². The van der Waals surface area contributed by atoms with E-state index >= 15 is 0 Å². The first kappa shape index (κ1) is 17.0. The van der Waals surface area contributed by atoms with Crippen LogP contribution < -0.4 is 5.32 Å². The number of benzene rings is 1. The van der Waals surface area contributed by atoms with Crippen molar-refractivity contribution in [2.45, 2.75) is 25.7 Å². The van der Waals surface area contributed by atoms with Gasteiger partial charge in [-0.05, 0) is 91.0 Å². The minimum Gasteiger partial charge on any atom is -0.339 e. The Kier molecular flexibility index (Phi) is 5.91. The third kappa shape index (κ3) is 3.90. The van der Waals surface area contributed by atoms with Crippen molar-refractivity contribution in [3.05, 3.63) is 33.4 Å². The molecule has 3 nitrogen and oxygen atoms in total. The Morgan fingerprint density at radius 1 is 1.05 bits per heavy atom. The molecule has 0 atom stereocenters. The monoisotopic (exact) mass is 420 g/mol. The first-order valence-electron chi connectivity index (χ1n) is 7.44. The van der Waals surface area contributed by atoms with E-state index in [0.717, 1.165) is 31.7 Å².